The van der Waals surface area contributed by atoms with Gasteiger partial charge in [0, 0.05) is 13.2 Å². The summed E-state index contributed by atoms with van der Waals surface area (Å²) in [5.41, 5.74) is 0. The molecule has 0 aromatic rings. The van der Waals surface area contributed by atoms with Gasteiger partial charge in [-0.1, -0.05) is 0 Å². The van der Waals surface area contributed by atoms with Gasteiger partial charge in [0.1, 0.15) is 0 Å². The van der Waals surface area contributed by atoms with Crippen LogP contribution in [0, 0.1) is 0 Å². The van der Waals surface area contributed by atoms with Crippen molar-refractivity contribution < 1.29 is 61.2 Å². The van der Waals surface area contributed by atoms with Crippen LogP contribution in [0.4, 0.5) is 0 Å². The molecule has 0 N–H and O–H groups in total. The predicted octanol–water partition coefficient (Wildman–Crippen LogP) is -3.61. The molecule has 2 nitrogen and oxygen atoms in total. The summed E-state index contributed by atoms with van der Waals surface area (Å²) < 4.78 is 4.67. The Morgan fingerprint density at radius 3 is 2.29 bits per heavy atom. The predicted molar refractivity (Wildman–Crippen MR) is 21.4 cm³/mol. The molecule has 0 aromatic heterocycles. The molecular weight excluding hydrogens is 119 g/mol. The first kappa shape index (κ1) is 11.4. The summed E-state index contributed by atoms with van der Waals surface area (Å²) in [4.78, 5) is 0. The van der Waals surface area contributed by atoms with Gasteiger partial charge in [-0.2, -0.15) is 0 Å². The van der Waals surface area contributed by atoms with Crippen LogP contribution < -0.4 is 56.5 Å². The molecule has 0 bridgehead atoms. The fourth-order valence-corrected chi connectivity index (χ4v) is 0.203. The Hall–Kier alpha value is 1.56. The summed E-state index contributed by atoms with van der Waals surface area (Å²) in [7, 11) is 0. The maximum absolute atomic E-state index is 9.56. The van der Waals surface area contributed by atoms with Crippen LogP contribution in [-0.2, 0) is 4.74 Å². The Morgan fingerprint density at radius 2 is 2.14 bits per heavy atom. The molecule has 0 aliphatic heterocycles. The van der Waals surface area contributed by atoms with Gasteiger partial charge in [-0.05, 0) is 6.92 Å². The molecule has 0 fully saturated rings. The van der Waals surface area contributed by atoms with E-state index in [1.165, 1.54) is 0 Å². The van der Waals surface area contributed by atoms with E-state index in [2.05, 4.69) is 4.74 Å². The molecule has 0 spiro atoms. The molecule has 0 atom stereocenters. The first-order valence-electron chi connectivity index (χ1n) is 2.07. The van der Waals surface area contributed by atoms with Gasteiger partial charge in [0.2, 0.25) is 0 Å². The zero-order valence-corrected chi connectivity index (χ0v) is 8.06. The van der Waals surface area contributed by atoms with E-state index in [4.69, 9.17) is 0 Å². The molecule has 0 saturated carbocycles. The number of hydrogen-bond donors (Lipinski definition) is 0. The summed E-state index contributed by atoms with van der Waals surface area (Å²) in [6.45, 7) is 2.77. The van der Waals surface area contributed by atoms with E-state index >= 15 is 0 Å². The van der Waals surface area contributed by atoms with Gasteiger partial charge in [-0.15, -0.1) is 6.61 Å². The quantitative estimate of drug-likeness (QED) is 0.290. The number of rotatable bonds is 3. The van der Waals surface area contributed by atoms with E-state index in [-0.39, 0.29) is 58.0 Å². The van der Waals surface area contributed by atoms with Crippen LogP contribution in [0.25, 0.3) is 0 Å². The molecule has 0 unspecified atom stereocenters. The Morgan fingerprint density at radius 1 is 1.57 bits per heavy atom. The average Bonchev–Trinajstić information content (AvgIpc) is 1.61. The minimum atomic E-state index is -0.117. The molecule has 0 rings (SSSR count). The second-order valence-corrected chi connectivity index (χ2v) is 0.901. The fourth-order valence-electron chi connectivity index (χ4n) is 0.203. The van der Waals surface area contributed by atoms with E-state index in [0.717, 1.165) is 0 Å². The van der Waals surface area contributed by atoms with Crippen molar-refractivity contribution in [3.05, 3.63) is 0 Å². The van der Waals surface area contributed by atoms with Crippen molar-refractivity contribution in [2.75, 3.05) is 19.8 Å². The van der Waals surface area contributed by atoms with Crippen LogP contribution in [0.2, 0.25) is 0 Å². The van der Waals surface area contributed by atoms with Crippen molar-refractivity contribution in [3.63, 3.8) is 0 Å². The molecule has 0 aliphatic rings. The van der Waals surface area contributed by atoms with Gasteiger partial charge in [-0.3, -0.25) is 0 Å². The Balaban J connectivity index is 0. The van der Waals surface area contributed by atoms with Gasteiger partial charge < -0.3 is 9.84 Å². The van der Waals surface area contributed by atoms with Gasteiger partial charge in [0.25, 0.3) is 0 Å². The Labute approximate surface area is 86.7 Å². The fraction of sp³-hybridized carbons (Fsp3) is 1.00. The molecule has 7 heavy (non-hydrogen) atoms. The zero-order chi connectivity index (χ0) is 4.83. The maximum Gasteiger partial charge on any atom is 1.00 e. The molecule has 0 aliphatic carbocycles. The second kappa shape index (κ2) is 10.5. The van der Waals surface area contributed by atoms with E-state index in [0.29, 0.717) is 13.2 Å². The summed E-state index contributed by atoms with van der Waals surface area (Å²) in [6, 6.07) is 0. The van der Waals surface area contributed by atoms with Crippen molar-refractivity contribution in [1.82, 2.24) is 0 Å². The smallest absolute Gasteiger partial charge is 0.853 e. The topological polar surface area (TPSA) is 32.3 Å². The average molecular weight is 128 g/mol. The molecule has 0 heterocycles. The Kier molecular flexibility index (Phi) is 17.1. The monoisotopic (exact) mass is 128 g/mol. The summed E-state index contributed by atoms with van der Waals surface area (Å²) in [6.07, 6.45) is 0. The number of hydrogen-bond acceptors (Lipinski definition) is 2. The first-order chi connectivity index (χ1) is 2.91. The SMILES string of the molecule is CCOCC[O-].[K+]. The second-order valence-electron chi connectivity index (χ2n) is 0.901. The third-order valence-electron chi connectivity index (χ3n) is 0.432. The van der Waals surface area contributed by atoms with Gasteiger partial charge in [-0.25, -0.2) is 0 Å². The van der Waals surface area contributed by atoms with Crippen LogP contribution in [0.3, 0.4) is 0 Å². The normalized spacial score (nSPS) is 7.71. The first-order valence-corrected chi connectivity index (χ1v) is 2.07. The van der Waals surface area contributed by atoms with E-state index in [1.807, 2.05) is 6.92 Å². The van der Waals surface area contributed by atoms with Crippen LogP contribution in [0.1, 0.15) is 6.92 Å². The van der Waals surface area contributed by atoms with Crippen LogP contribution in [0.15, 0.2) is 0 Å². The van der Waals surface area contributed by atoms with Gasteiger partial charge in [0.05, 0.1) is 0 Å². The molecule has 38 valence electrons. The van der Waals surface area contributed by atoms with Crippen LogP contribution in [0.5, 0.6) is 0 Å². The largest absolute Gasteiger partial charge is 1.00 e. The molecule has 0 aromatic carbocycles. The standard InChI is InChI=1S/C4H9O2.K/c1-2-6-4-3-5;/h2-4H2,1H3;/q-1;+1. The van der Waals surface area contributed by atoms with Gasteiger partial charge >= 0.3 is 51.4 Å². The third-order valence-corrected chi connectivity index (χ3v) is 0.432. The Bertz CT molecular complexity index is 21.7. The van der Waals surface area contributed by atoms with E-state index < -0.39 is 0 Å². The molecule has 0 saturated heterocycles. The molecule has 0 radical (unpaired) electrons. The third kappa shape index (κ3) is 11.2. The van der Waals surface area contributed by atoms with E-state index in [1.54, 1.807) is 0 Å². The molecule has 0 amide bonds. The summed E-state index contributed by atoms with van der Waals surface area (Å²) >= 11 is 0. The minimum Gasteiger partial charge on any atom is -0.853 e. The van der Waals surface area contributed by atoms with Crippen molar-refractivity contribution >= 4 is 0 Å². The number of ether oxygens (including phenoxy) is 1. The minimum absolute atomic E-state index is 0. The van der Waals surface area contributed by atoms with Crippen molar-refractivity contribution in [2.24, 2.45) is 0 Å². The maximum atomic E-state index is 9.56. The van der Waals surface area contributed by atoms with Crippen molar-refractivity contribution in [1.29, 1.82) is 0 Å². The summed E-state index contributed by atoms with van der Waals surface area (Å²) in [5, 5.41) is 9.56. The van der Waals surface area contributed by atoms with Crippen molar-refractivity contribution in [3.8, 4) is 0 Å². The summed E-state index contributed by atoms with van der Waals surface area (Å²) in [5.74, 6) is 0. The van der Waals surface area contributed by atoms with Crippen LogP contribution in [-0.4, -0.2) is 19.8 Å². The van der Waals surface area contributed by atoms with Crippen LogP contribution >= 0.6 is 0 Å². The van der Waals surface area contributed by atoms with E-state index in [9.17, 15) is 5.11 Å². The molecular formula is C4H9KO2. The van der Waals surface area contributed by atoms with Crippen molar-refractivity contribution in [2.45, 2.75) is 6.92 Å². The van der Waals surface area contributed by atoms with Gasteiger partial charge in [0.15, 0.2) is 0 Å². The molecule has 3 heteroatoms. The zero-order valence-electron chi connectivity index (χ0n) is 4.94.